The molecular weight excluding hydrogens is 375 g/mol. The fourth-order valence-corrected chi connectivity index (χ4v) is 3.29. The third-order valence-corrected chi connectivity index (χ3v) is 4.90. The number of hydrogen-bond donors (Lipinski definition) is 1. The third kappa shape index (κ3) is 2.95. The Labute approximate surface area is 158 Å². The highest BCUT2D eigenvalue weighted by molar-refractivity contribution is 5.63. The zero-order valence-electron chi connectivity index (χ0n) is 15.2. The molecule has 1 aliphatic heterocycles. The van der Waals surface area contributed by atoms with Crippen LogP contribution in [0, 0.1) is 0 Å². The van der Waals surface area contributed by atoms with Gasteiger partial charge < -0.3 is 14.4 Å². The minimum atomic E-state index is -4.88. The van der Waals surface area contributed by atoms with Gasteiger partial charge in [0, 0.05) is 24.1 Å². The molecule has 9 heteroatoms. The maximum absolute atomic E-state index is 13.3. The molecule has 0 aliphatic carbocycles. The summed E-state index contributed by atoms with van der Waals surface area (Å²) in [4.78, 5) is 0. The van der Waals surface area contributed by atoms with E-state index in [1.54, 1.807) is 17.7 Å². The van der Waals surface area contributed by atoms with E-state index in [-0.39, 0.29) is 17.2 Å². The number of fused-ring (bicyclic) bond motifs is 3. The standard InChI is InChI=1S/C19H18F3N3O3/c1-11-9-25-13(8-14(23-25)27-10-12-6-4-3-5-7-12)16-15(11)17(24-28-16)18(2,26)19(20,21)22/h3-8,11,26H,9-10H2,1-2H3/t11-,18+/m1/s1. The van der Waals surface area contributed by atoms with Crippen LogP contribution in [0.25, 0.3) is 11.5 Å². The quantitative estimate of drug-likeness (QED) is 0.725. The Balaban J connectivity index is 1.67. The number of alkyl halides is 3. The van der Waals surface area contributed by atoms with Crippen molar-refractivity contribution in [1.29, 1.82) is 0 Å². The molecule has 28 heavy (non-hydrogen) atoms. The van der Waals surface area contributed by atoms with Crippen LogP contribution in [0.15, 0.2) is 40.9 Å². The lowest BCUT2D eigenvalue weighted by Gasteiger charge is -2.27. The molecule has 2 atom stereocenters. The molecule has 0 radical (unpaired) electrons. The number of aromatic nitrogens is 3. The monoisotopic (exact) mass is 393 g/mol. The molecule has 0 fully saturated rings. The lowest BCUT2D eigenvalue weighted by molar-refractivity contribution is -0.261. The number of aliphatic hydroxyl groups is 1. The van der Waals surface area contributed by atoms with E-state index >= 15 is 0 Å². The molecule has 1 aromatic carbocycles. The average molecular weight is 393 g/mol. The first-order chi connectivity index (χ1) is 13.2. The molecule has 148 valence electrons. The first kappa shape index (κ1) is 18.5. The molecule has 0 saturated heterocycles. The number of hydrogen-bond acceptors (Lipinski definition) is 5. The molecule has 6 nitrogen and oxygen atoms in total. The van der Waals surface area contributed by atoms with E-state index in [2.05, 4.69) is 10.3 Å². The predicted molar refractivity (Wildman–Crippen MR) is 92.5 cm³/mol. The van der Waals surface area contributed by atoms with Crippen molar-refractivity contribution in [3.63, 3.8) is 0 Å². The largest absolute Gasteiger partial charge is 0.472 e. The van der Waals surface area contributed by atoms with Crippen LogP contribution in [0.4, 0.5) is 13.2 Å². The van der Waals surface area contributed by atoms with E-state index in [1.807, 2.05) is 30.3 Å². The molecule has 3 heterocycles. The van der Waals surface area contributed by atoms with Gasteiger partial charge in [-0.05, 0) is 12.5 Å². The summed E-state index contributed by atoms with van der Waals surface area (Å²) in [6.45, 7) is 3.04. The number of halogens is 3. The van der Waals surface area contributed by atoms with Gasteiger partial charge >= 0.3 is 6.18 Å². The summed E-state index contributed by atoms with van der Waals surface area (Å²) in [6, 6.07) is 11.1. The summed E-state index contributed by atoms with van der Waals surface area (Å²) >= 11 is 0. The van der Waals surface area contributed by atoms with Crippen molar-refractivity contribution < 1.29 is 27.5 Å². The Hall–Kier alpha value is -2.81. The van der Waals surface area contributed by atoms with E-state index in [0.717, 1.165) is 5.56 Å². The van der Waals surface area contributed by atoms with E-state index in [1.165, 1.54) is 0 Å². The Morgan fingerprint density at radius 3 is 2.68 bits per heavy atom. The summed E-state index contributed by atoms with van der Waals surface area (Å²) in [6.07, 6.45) is -4.88. The van der Waals surface area contributed by atoms with Crippen LogP contribution < -0.4 is 4.74 Å². The summed E-state index contributed by atoms with van der Waals surface area (Å²) in [5.74, 6) is 0.124. The van der Waals surface area contributed by atoms with Gasteiger partial charge in [-0.1, -0.05) is 42.4 Å². The highest BCUT2D eigenvalue weighted by Gasteiger charge is 2.55. The topological polar surface area (TPSA) is 73.3 Å². The molecule has 4 rings (SSSR count). The van der Waals surface area contributed by atoms with Crippen molar-refractivity contribution >= 4 is 0 Å². The fraction of sp³-hybridized carbons (Fsp3) is 0.368. The van der Waals surface area contributed by atoms with Crippen molar-refractivity contribution in [2.24, 2.45) is 0 Å². The minimum Gasteiger partial charge on any atom is -0.472 e. The summed E-state index contributed by atoms with van der Waals surface area (Å²) in [7, 11) is 0. The highest BCUT2D eigenvalue weighted by Crippen LogP contribution is 2.46. The smallest absolute Gasteiger partial charge is 0.422 e. The summed E-state index contributed by atoms with van der Waals surface area (Å²) in [5, 5.41) is 18.0. The molecule has 3 aromatic rings. The number of benzene rings is 1. The van der Waals surface area contributed by atoms with Crippen LogP contribution in [-0.4, -0.2) is 26.2 Å². The van der Waals surface area contributed by atoms with Crippen LogP contribution >= 0.6 is 0 Å². The normalized spacial score (nSPS) is 18.3. The van der Waals surface area contributed by atoms with Crippen molar-refractivity contribution in [2.75, 3.05) is 0 Å². The van der Waals surface area contributed by atoms with Gasteiger partial charge in [0.25, 0.3) is 0 Å². The molecule has 0 spiro atoms. The number of rotatable bonds is 4. The van der Waals surface area contributed by atoms with Crippen LogP contribution in [0.3, 0.4) is 0 Å². The zero-order valence-corrected chi connectivity index (χ0v) is 15.2. The average Bonchev–Trinajstić information content (AvgIpc) is 3.24. The lowest BCUT2D eigenvalue weighted by Crippen LogP contribution is -2.40. The van der Waals surface area contributed by atoms with E-state index in [0.29, 0.717) is 31.6 Å². The second-order valence-corrected chi connectivity index (χ2v) is 7.07. The lowest BCUT2D eigenvalue weighted by atomic mass is 9.88. The Bertz CT molecular complexity index is 993. The van der Waals surface area contributed by atoms with E-state index in [4.69, 9.17) is 9.26 Å². The third-order valence-electron chi connectivity index (χ3n) is 4.90. The molecule has 2 aromatic heterocycles. The zero-order chi connectivity index (χ0) is 20.1. The first-order valence-electron chi connectivity index (χ1n) is 8.72. The van der Waals surface area contributed by atoms with Crippen LogP contribution in [0.5, 0.6) is 5.88 Å². The fourth-order valence-electron chi connectivity index (χ4n) is 3.29. The highest BCUT2D eigenvalue weighted by atomic mass is 19.4. The van der Waals surface area contributed by atoms with Crippen molar-refractivity contribution in [3.05, 3.63) is 53.2 Å². The maximum atomic E-state index is 13.3. The SMILES string of the molecule is C[C@@H]1Cn2nc(OCc3ccccc3)cc2-c2onc([C@](C)(O)C(F)(F)F)c21. The van der Waals surface area contributed by atoms with Gasteiger partial charge in [-0.3, -0.25) is 4.68 Å². The molecule has 0 bridgehead atoms. The van der Waals surface area contributed by atoms with Gasteiger partial charge in [0.2, 0.25) is 11.5 Å². The van der Waals surface area contributed by atoms with Gasteiger partial charge in [-0.2, -0.15) is 13.2 Å². The van der Waals surface area contributed by atoms with Crippen LogP contribution in [-0.2, 0) is 18.8 Å². The van der Waals surface area contributed by atoms with Crippen molar-refractivity contribution in [2.45, 2.75) is 44.7 Å². The van der Waals surface area contributed by atoms with Gasteiger partial charge in [-0.25, -0.2) is 0 Å². The van der Waals surface area contributed by atoms with Gasteiger partial charge in [-0.15, -0.1) is 5.10 Å². The summed E-state index contributed by atoms with van der Waals surface area (Å²) in [5.41, 5.74) is -1.95. The second-order valence-electron chi connectivity index (χ2n) is 7.07. The molecule has 1 aliphatic rings. The molecular formula is C19H18F3N3O3. The predicted octanol–water partition coefficient (Wildman–Crippen LogP) is 4.00. The van der Waals surface area contributed by atoms with Crippen LogP contribution in [0.2, 0.25) is 0 Å². The van der Waals surface area contributed by atoms with Crippen LogP contribution in [0.1, 0.15) is 36.6 Å². The number of nitrogens with zero attached hydrogens (tertiary/aromatic N) is 3. The Morgan fingerprint density at radius 1 is 1.29 bits per heavy atom. The first-order valence-corrected chi connectivity index (χ1v) is 8.72. The van der Waals surface area contributed by atoms with Crippen molar-refractivity contribution in [1.82, 2.24) is 14.9 Å². The van der Waals surface area contributed by atoms with E-state index < -0.39 is 17.5 Å². The maximum Gasteiger partial charge on any atom is 0.422 e. The minimum absolute atomic E-state index is 0.167. The number of ether oxygens (including phenoxy) is 1. The van der Waals surface area contributed by atoms with Gasteiger partial charge in [0.15, 0.2) is 5.76 Å². The molecule has 0 amide bonds. The Kier molecular flexibility index (Phi) is 4.22. The second kappa shape index (κ2) is 6.37. The molecule has 0 saturated carbocycles. The summed E-state index contributed by atoms with van der Waals surface area (Å²) < 4.78 is 52.4. The van der Waals surface area contributed by atoms with Gasteiger partial charge in [0.1, 0.15) is 18.0 Å². The van der Waals surface area contributed by atoms with E-state index in [9.17, 15) is 18.3 Å². The molecule has 1 N–H and O–H groups in total. The molecule has 0 unspecified atom stereocenters. The Morgan fingerprint density at radius 2 is 2.00 bits per heavy atom. The van der Waals surface area contributed by atoms with Gasteiger partial charge in [0.05, 0.1) is 0 Å². The van der Waals surface area contributed by atoms with Crippen molar-refractivity contribution in [3.8, 4) is 17.3 Å².